The molecule has 2 heterocycles. The second kappa shape index (κ2) is 6.91. The smallest absolute Gasteiger partial charge is 0.264 e. The van der Waals surface area contributed by atoms with Crippen LogP contribution in [0.4, 0.5) is 9.52 Å². The first-order valence-corrected chi connectivity index (χ1v) is 10.0. The van der Waals surface area contributed by atoms with Gasteiger partial charge in [-0.2, -0.15) is 0 Å². The van der Waals surface area contributed by atoms with Crippen LogP contribution in [0.15, 0.2) is 40.8 Å². The molecule has 0 atom stereocenters. The molecule has 0 spiro atoms. The monoisotopic (exact) mass is 396 g/mol. The predicted molar refractivity (Wildman–Crippen MR) is 107 cm³/mol. The van der Waals surface area contributed by atoms with Crippen LogP contribution in [0.1, 0.15) is 24.2 Å². The number of nitrogens with zero attached hydrogens (tertiary/aromatic N) is 1. The van der Waals surface area contributed by atoms with Crippen molar-refractivity contribution >= 4 is 43.6 Å². The zero-order valence-electron chi connectivity index (χ0n) is 15.0. The molecular formula is C21H17FN2O3S. The van der Waals surface area contributed by atoms with Gasteiger partial charge in [0.2, 0.25) is 0 Å². The Morgan fingerprint density at radius 2 is 2.11 bits per heavy atom. The first-order chi connectivity index (χ1) is 13.7. The molecule has 2 aromatic carbocycles. The molecule has 28 heavy (non-hydrogen) atoms. The van der Waals surface area contributed by atoms with Gasteiger partial charge in [0, 0.05) is 17.4 Å². The summed E-state index contributed by atoms with van der Waals surface area (Å²) in [6.45, 7) is -0.129. The van der Waals surface area contributed by atoms with Crippen LogP contribution in [0.25, 0.3) is 21.2 Å². The maximum atomic E-state index is 13.3. The number of thiazole rings is 1. The average Bonchev–Trinajstić information content (AvgIpc) is 3.26. The van der Waals surface area contributed by atoms with Gasteiger partial charge >= 0.3 is 0 Å². The third kappa shape index (κ3) is 3.22. The second-order valence-electron chi connectivity index (χ2n) is 6.84. The summed E-state index contributed by atoms with van der Waals surface area (Å²) in [5.41, 5.74) is 2.78. The molecular weight excluding hydrogens is 379 g/mol. The van der Waals surface area contributed by atoms with Gasteiger partial charge < -0.3 is 9.15 Å². The van der Waals surface area contributed by atoms with Crippen molar-refractivity contribution in [1.29, 1.82) is 0 Å². The van der Waals surface area contributed by atoms with E-state index >= 15 is 0 Å². The van der Waals surface area contributed by atoms with Gasteiger partial charge in [0.1, 0.15) is 22.9 Å². The Kier molecular flexibility index (Phi) is 4.24. The molecule has 1 aliphatic carbocycles. The van der Waals surface area contributed by atoms with Crippen LogP contribution >= 0.6 is 11.3 Å². The molecule has 1 amide bonds. The topological polar surface area (TPSA) is 64.4 Å². The number of hydrogen-bond donors (Lipinski definition) is 1. The van der Waals surface area contributed by atoms with Gasteiger partial charge in [0.25, 0.3) is 5.91 Å². The Labute approximate surface area is 164 Å². The van der Waals surface area contributed by atoms with Gasteiger partial charge in [0.15, 0.2) is 11.7 Å². The Bertz CT molecular complexity index is 1200. The SMILES string of the molecule is O=C(COc1ccc2oc3c(c2c1)CCCC3)Nc1nc2ccc(F)cc2s1. The quantitative estimate of drug-likeness (QED) is 0.523. The number of carbonyl (C=O) groups is 1. The molecule has 4 aromatic rings. The Balaban J connectivity index is 1.28. The van der Waals surface area contributed by atoms with E-state index in [1.54, 1.807) is 6.07 Å². The molecule has 142 valence electrons. The lowest BCUT2D eigenvalue weighted by molar-refractivity contribution is -0.118. The largest absolute Gasteiger partial charge is 0.484 e. The van der Waals surface area contributed by atoms with E-state index < -0.39 is 0 Å². The van der Waals surface area contributed by atoms with E-state index in [1.807, 2.05) is 18.2 Å². The highest BCUT2D eigenvalue weighted by Crippen LogP contribution is 2.34. The molecule has 2 aromatic heterocycles. The summed E-state index contributed by atoms with van der Waals surface area (Å²) in [6.07, 6.45) is 4.33. The van der Waals surface area contributed by atoms with Crippen LogP contribution in [0, 0.1) is 5.82 Å². The number of aryl methyl sites for hydroxylation is 2. The summed E-state index contributed by atoms with van der Waals surface area (Å²) >= 11 is 1.23. The zero-order valence-corrected chi connectivity index (χ0v) is 15.8. The van der Waals surface area contributed by atoms with E-state index in [2.05, 4.69) is 10.3 Å². The number of furan rings is 1. The minimum Gasteiger partial charge on any atom is -0.484 e. The molecule has 1 aliphatic rings. The van der Waals surface area contributed by atoms with Crippen molar-refractivity contribution in [1.82, 2.24) is 4.98 Å². The van der Waals surface area contributed by atoms with Crippen molar-refractivity contribution in [2.75, 3.05) is 11.9 Å². The molecule has 7 heteroatoms. The van der Waals surface area contributed by atoms with Crippen LogP contribution in [0.5, 0.6) is 5.75 Å². The fourth-order valence-electron chi connectivity index (χ4n) is 3.59. The number of benzene rings is 2. The number of hydrogen-bond acceptors (Lipinski definition) is 5. The molecule has 0 fully saturated rings. The summed E-state index contributed by atoms with van der Waals surface area (Å²) in [4.78, 5) is 16.5. The van der Waals surface area contributed by atoms with Crippen molar-refractivity contribution in [2.45, 2.75) is 25.7 Å². The van der Waals surface area contributed by atoms with E-state index in [9.17, 15) is 9.18 Å². The van der Waals surface area contributed by atoms with Crippen LogP contribution in [0.3, 0.4) is 0 Å². The average molecular weight is 396 g/mol. The third-order valence-corrected chi connectivity index (χ3v) is 5.83. The maximum absolute atomic E-state index is 13.3. The highest BCUT2D eigenvalue weighted by atomic mass is 32.1. The number of fused-ring (bicyclic) bond motifs is 4. The van der Waals surface area contributed by atoms with Crippen LogP contribution in [-0.2, 0) is 17.6 Å². The van der Waals surface area contributed by atoms with Crippen molar-refractivity contribution in [3.05, 3.63) is 53.5 Å². The molecule has 0 unspecified atom stereocenters. The third-order valence-electron chi connectivity index (χ3n) is 4.89. The van der Waals surface area contributed by atoms with E-state index in [4.69, 9.17) is 9.15 Å². The predicted octanol–water partition coefficient (Wildman–Crippen LogP) is 5.08. The fraction of sp³-hybridized carbons (Fsp3) is 0.238. The number of rotatable bonds is 4. The number of nitrogens with one attached hydrogen (secondary N) is 1. The van der Waals surface area contributed by atoms with E-state index in [-0.39, 0.29) is 18.3 Å². The number of carbonyl (C=O) groups excluding carboxylic acids is 1. The van der Waals surface area contributed by atoms with Crippen molar-refractivity contribution < 1.29 is 18.3 Å². The standard InChI is InChI=1S/C21H17FN2O3S/c22-12-5-7-16-19(9-12)28-21(23-16)24-20(25)11-26-13-6-8-18-15(10-13)14-3-1-2-4-17(14)27-18/h5-10H,1-4,11H2,(H,23,24,25). The molecule has 5 rings (SSSR count). The lowest BCUT2D eigenvalue weighted by atomic mass is 9.96. The fourth-order valence-corrected chi connectivity index (χ4v) is 4.49. The summed E-state index contributed by atoms with van der Waals surface area (Å²) < 4.78 is 25.5. The first kappa shape index (κ1) is 17.2. The number of anilines is 1. The van der Waals surface area contributed by atoms with Crippen molar-refractivity contribution in [2.24, 2.45) is 0 Å². The van der Waals surface area contributed by atoms with Gasteiger partial charge in [-0.15, -0.1) is 0 Å². The minimum absolute atomic E-state index is 0.129. The van der Waals surface area contributed by atoms with Crippen LogP contribution < -0.4 is 10.1 Å². The van der Waals surface area contributed by atoms with E-state index in [0.717, 1.165) is 36.0 Å². The molecule has 1 N–H and O–H groups in total. The van der Waals surface area contributed by atoms with Crippen LogP contribution in [-0.4, -0.2) is 17.5 Å². The molecule has 0 radical (unpaired) electrons. The maximum Gasteiger partial charge on any atom is 0.264 e. The van der Waals surface area contributed by atoms with Gasteiger partial charge in [-0.25, -0.2) is 9.37 Å². The summed E-state index contributed by atoms with van der Waals surface area (Å²) in [5, 5.41) is 4.20. The van der Waals surface area contributed by atoms with Crippen molar-refractivity contribution in [3.8, 4) is 5.75 Å². The lowest BCUT2D eigenvalue weighted by Crippen LogP contribution is -2.19. The van der Waals surface area contributed by atoms with Crippen LogP contribution in [0.2, 0.25) is 0 Å². The first-order valence-electron chi connectivity index (χ1n) is 9.19. The summed E-state index contributed by atoms with van der Waals surface area (Å²) in [5.74, 6) is 1.06. The van der Waals surface area contributed by atoms with Gasteiger partial charge in [0.05, 0.1) is 10.2 Å². The van der Waals surface area contributed by atoms with Crippen molar-refractivity contribution in [3.63, 3.8) is 0 Å². The highest BCUT2D eigenvalue weighted by Gasteiger charge is 2.18. The number of amides is 1. The Morgan fingerprint density at radius 1 is 1.21 bits per heavy atom. The van der Waals surface area contributed by atoms with E-state index in [1.165, 1.54) is 35.5 Å². The molecule has 0 bridgehead atoms. The Hall–Kier alpha value is -2.93. The van der Waals surface area contributed by atoms with E-state index in [0.29, 0.717) is 21.1 Å². The highest BCUT2D eigenvalue weighted by molar-refractivity contribution is 7.22. The van der Waals surface area contributed by atoms with Gasteiger partial charge in [-0.1, -0.05) is 11.3 Å². The normalized spacial score (nSPS) is 13.6. The summed E-state index contributed by atoms with van der Waals surface area (Å²) in [7, 11) is 0. The van der Waals surface area contributed by atoms with Gasteiger partial charge in [-0.05, 0) is 55.7 Å². The molecule has 0 aliphatic heterocycles. The minimum atomic E-state index is -0.325. The zero-order chi connectivity index (χ0) is 19.1. The van der Waals surface area contributed by atoms with Gasteiger partial charge in [-0.3, -0.25) is 10.1 Å². The lowest BCUT2D eigenvalue weighted by Gasteiger charge is -2.09. The molecule has 5 nitrogen and oxygen atoms in total. The molecule has 0 saturated carbocycles. The summed E-state index contributed by atoms with van der Waals surface area (Å²) in [6, 6.07) is 9.99. The second-order valence-corrected chi connectivity index (χ2v) is 7.87. The number of aromatic nitrogens is 1. The number of halogens is 1. The number of ether oxygens (including phenoxy) is 1. The molecule has 0 saturated heterocycles. The Morgan fingerprint density at radius 3 is 3.04 bits per heavy atom.